The summed E-state index contributed by atoms with van der Waals surface area (Å²) in [4.78, 5) is 4.66. The second-order valence-electron chi connectivity index (χ2n) is 6.99. The molecule has 0 amide bonds. The number of rotatable bonds is 3. The van der Waals surface area contributed by atoms with Crippen molar-refractivity contribution in [1.82, 2.24) is 4.90 Å². The third kappa shape index (κ3) is 4.35. The first-order chi connectivity index (χ1) is 11.4. The van der Waals surface area contributed by atoms with Gasteiger partial charge in [0.25, 0.3) is 0 Å². The van der Waals surface area contributed by atoms with Crippen molar-refractivity contribution in [3.05, 3.63) is 24.3 Å². The summed E-state index contributed by atoms with van der Waals surface area (Å²) < 4.78 is 38.2. The minimum absolute atomic E-state index is 0.114. The number of hydrogen-bond donors (Lipinski definition) is 1. The quantitative estimate of drug-likeness (QED) is 0.904. The zero-order valence-corrected chi connectivity index (χ0v) is 14.1. The standard InChI is InChI=1S/C18H25F3N3/c1-23-9-11-24(12-10-23)17-4-2-3-16(13-17)22-15-7-5-14(6-8-15)18(19,20)21/h2,4,13-15,22H,5-12H2,1H3. The molecule has 1 aromatic rings. The Labute approximate surface area is 141 Å². The molecular weight excluding hydrogens is 315 g/mol. The number of halogens is 3. The molecule has 2 fully saturated rings. The Balaban J connectivity index is 1.56. The van der Waals surface area contributed by atoms with Crippen molar-refractivity contribution < 1.29 is 13.2 Å². The van der Waals surface area contributed by atoms with Crippen molar-refractivity contribution in [3.63, 3.8) is 0 Å². The van der Waals surface area contributed by atoms with E-state index in [-0.39, 0.29) is 18.9 Å². The fraction of sp³-hybridized carbons (Fsp3) is 0.667. The van der Waals surface area contributed by atoms with Gasteiger partial charge in [-0.25, -0.2) is 0 Å². The molecule has 6 heteroatoms. The van der Waals surface area contributed by atoms with Crippen LogP contribution in [0.1, 0.15) is 25.7 Å². The zero-order valence-electron chi connectivity index (χ0n) is 14.1. The molecule has 0 bridgehead atoms. The first kappa shape index (κ1) is 17.4. The summed E-state index contributed by atoms with van der Waals surface area (Å²) in [6, 6.07) is 9.31. The largest absolute Gasteiger partial charge is 0.391 e. The van der Waals surface area contributed by atoms with Gasteiger partial charge in [0.15, 0.2) is 0 Å². The zero-order chi connectivity index (χ0) is 17.2. The second-order valence-corrected chi connectivity index (χ2v) is 6.99. The van der Waals surface area contributed by atoms with Crippen LogP contribution in [0.2, 0.25) is 0 Å². The molecule has 1 aliphatic heterocycles. The van der Waals surface area contributed by atoms with E-state index in [1.54, 1.807) is 0 Å². The normalized spacial score (nSPS) is 26.4. The SMILES string of the molecule is CN1CCN(c2cc[c]c(NC3CCC(C(F)(F)F)CC3)c2)CC1. The second kappa shape index (κ2) is 7.21. The molecule has 1 radical (unpaired) electrons. The van der Waals surface area contributed by atoms with Crippen LogP contribution in [-0.4, -0.2) is 50.3 Å². The van der Waals surface area contributed by atoms with E-state index in [1.807, 2.05) is 6.07 Å². The molecule has 1 N–H and O–H groups in total. The topological polar surface area (TPSA) is 18.5 Å². The van der Waals surface area contributed by atoms with Gasteiger partial charge in [-0.1, -0.05) is 6.07 Å². The lowest BCUT2D eigenvalue weighted by Gasteiger charge is -2.34. The highest BCUT2D eigenvalue weighted by Gasteiger charge is 2.41. The number of likely N-dealkylation sites (N-methyl/N-ethyl adjacent to an activating group) is 1. The number of anilines is 2. The van der Waals surface area contributed by atoms with Crippen molar-refractivity contribution >= 4 is 11.4 Å². The summed E-state index contributed by atoms with van der Waals surface area (Å²) in [7, 11) is 2.13. The van der Waals surface area contributed by atoms with Crippen LogP contribution in [0.25, 0.3) is 0 Å². The summed E-state index contributed by atoms with van der Waals surface area (Å²) in [6.07, 6.45) is -2.47. The maximum absolute atomic E-state index is 12.7. The van der Waals surface area contributed by atoms with Gasteiger partial charge in [-0.15, -0.1) is 0 Å². The van der Waals surface area contributed by atoms with Crippen molar-refractivity contribution in [2.24, 2.45) is 5.92 Å². The molecule has 2 aliphatic rings. The maximum atomic E-state index is 12.7. The van der Waals surface area contributed by atoms with Crippen LogP contribution < -0.4 is 10.2 Å². The Morgan fingerprint density at radius 2 is 1.75 bits per heavy atom. The van der Waals surface area contributed by atoms with Crippen LogP contribution in [0.15, 0.2) is 18.2 Å². The molecule has 1 aliphatic carbocycles. The molecule has 133 valence electrons. The highest BCUT2D eigenvalue weighted by molar-refractivity contribution is 5.58. The maximum Gasteiger partial charge on any atom is 0.391 e. The Morgan fingerprint density at radius 1 is 1.08 bits per heavy atom. The lowest BCUT2D eigenvalue weighted by molar-refractivity contribution is -0.182. The fourth-order valence-corrected chi connectivity index (χ4v) is 3.58. The summed E-state index contributed by atoms with van der Waals surface area (Å²) in [5, 5.41) is 3.38. The summed E-state index contributed by atoms with van der Waals surface area (Å²) in [5.74, 6) is -1.13. The number of hydrogen-bond acceptors (Lipinski definition) is 3. The molecule has 24 heavy (non-hydrogen) atoms. The highest BCUT2D eigenvalue weighted by Crippen LogP contribution is 2.38. The van der Waals surface area contributed by atoms with E-state index in [0.29, 0.717) is 12.8 Å². The molecule has 0 spiro atoms. The van der Waals surface area contributed by atoms with Crippen LogP contribution in [0.4, 0.5) is 24.5 Å². The Kier molecular flexibility index (Phi) is 5.23. The molecule has 1 aromatic carbocycles. The summed E-state index contributed by atoms with van der Waals surface area (Å²) in [5.41, 5.74) is 2.05. The van der Waals surface area contributed by atoms with Crippen molar-refractivity contribution in [1.29, 1.82) is 0 Å². The lowest BCUT2D eigenvalue weighted by Crippen LogP contribution is -2.44. The predicted molar refractivity (Wildman–Crippen MR) is 90.4 cm³/mol. The van der Waals surface area contributed by atoms with Gasteiger partial charge in [0, 0.05) is 49.7 Å². The van der Waals surface area contributed by atoms with E-state index in [0.717, 1.165) is 37.6 Å². The van der Waals surface area contributed by atoms with Crippen LogP contribution >= 0.6 is 0 Å². The minimum Gasteiger partial charge on any atom is -0.382 e. The van der Waals surface area contributed by atoms with Crippen LogP contribution in [0.5, 0.6) is 0 Å². The molecule has 1 saturated heterocycles. The van der Waals surface area contributed by atoms with Crippen LogP contribution in [0, 0.1) is 12.0 Å². The average Bonchev–Trinajstić information content (AvgIpc) is 2.55. The van der Waals surface area contributed by atoms with Gasteiger partial charge in [0.2, 0.25) is 0 Å². The number of alkyl halides is 3. The lowest BCUT2D eigenvalue weighted by atomic mass is 9.85. The molecule has 1 saturated carbocycles. The van der Waals surface area contributed by atoms with Gasteiger partial charge < -0.3 is 15.1 Å². The van der Waals surface area contributed by atoms with Gasteiger partial charge in [-0.05, 0) is 44.9 Å². The summed E-state index contributed by atoms with van der Waals surface area (Å²) in [6.45, 7) is 4.08. The average molecular weight is 340 g/mol. The van der Waals surface area contributed by atoms with E-state index < -0.39 is 12.1 Å². The molecule has 3 nitrogen and oxygen atoms in total. The molecule has 0 aromatic heterocycles. The predicted octanol–water partition coefficient (Wildman–Crippen LogP) is 3.77. The first-order valence-electron chi connectivity index (χ1n) is 8.70. The number of nitrogens with zero attached hydrogens (tertiary/aromatic N) is 2. The monoisotopic (exact) mass is 340 g/mol. The van der Waals surface area contributed by atoms with Crippen LogP contribution in [-0.2, 0) is 0 Å². The fourth-order valence-electron chi connectivity index (χ4n) is 3.58. The van der Waals surface area contributed by atoms with Crippen LogP contribution in [0.3, 0.4) is 0 Å². The Morgan fingerprint density at radius 3 is 2.38 bits per heavy atom. The molecule has 3 rings (SSSR count). The minimum atomic E-state index is -4.04. The molecule has 0 unspecified atom stereocenters. The number of benzene rings is 1. The Bertz CT molecular complexity index is 531. The van der Waals surface area contributed by atoms with Gasteiger partial charge in [0.1, 0.15) is 0 Å². The van der Waals surface area contributed by atoms with Crippen molar-refractivity contribution in [2.45, 2.75) is 37.9 Å². The van der Waals surface area contributed by atoms with Gasteiger partial charge in [-0.2, -0.15) is 13.2 Å². The van der Waals surface area contributed by atoms with E-state index in [1.165, 1.54) is 0 Å². The van der Waals surface area contributed by atoms with E-state index in [9.17, 15) is 13.2 Å². The molecule has 1 heterocycles. The van der Waals surface area contributed by atoms with E-state index >= 15 is 0 Å². The first-order valence-corrected chi connectivity index (χ1v) is 8.70. The number of nitrogens with one attached hydrogen (secondary N) is 1. The number of piperazine rings is 1. The van der Waals surface area contributed by atoms with Crippen molar-refractivity contribution in [2.75, 3.05) is 43.4 Å². The van der Waals surface area contributed by atoms with Gasteiger partial charge in [-0.3, -0.25) is 0 Å². The third-order valence-electron chi connectivity index (χ3n) is 5.20. The van der Waals surface area contributed by atoms with E-state index in [2.05, 4.69) is 40.4 Å². The smallest absolute Gasteiger partial charge is 0.382 e. The van der Waals surface area contributed by atoms with Gasteiger partial charge >= 0.3 is 6.18 Å². The Hall–Kier alpha value is -1.43. The third-order valence-corrected chi connectivity index (χ3v) is 5.20. The molecular formula is C18H25F3N3. The molecule has 0 atom stereocenters. The summed E-state index contributed by atoms with van der Waals surface area (Å²) >= 11 is 0. The van der Waals surface area contributed by atoms with Crippen molar-refractivity contribution in [3.8, 4) is 0 Å². The highest BCUT2D eigenvalue weighted by atomic mass is 19.4. The van der Waals surface area contributed by atoms with E-state index in [4.69, 9.17) is 0 Å². The van der Waals surface area contributed by atoms with Gasteiger partial charge in [0.05, 0.1) is 5.92 Å².